The van der Waals surface area contributed by atoms with Gasteiger partial charge in [0.05, 0.1) is 6.04 Å². The van der Waals surface area contributed by atoms with Gasteiger partial charge in [-0.15, -0.1) is 0 Å². The fourth-order valence-electron chi connectivity index (χ4n) is 1.68. The lowest BCUT2D eigenvalue weighted by Gasteiger charge is -2.15. The molecule has 0 saturated heterocycles. The zero-order valence-corrected chi connectivity index (χ0v) is 12.0. The number of carbonyl (C=O) groups is 1. The molecule has 3 nitrogen and oxygen atoms in total. The van der Waals surface area contributed by atoms with Gasteiger partial charge in [0.1, 0.15) is 5.69 Å². The lowest BCUT2D eigenvalue weighted by molar-refractivity contribution is 0.0935. The van der Waals surface area contributed by atoms with Gasteiger partial charge in [-0.05, 0) is 40.5 Å². The molecule has 1 heterocycles. The number of H-pyrrole nitrogens is 1. The molecule has 0 saturated carbocycles. The van der Waals surface area contributed by atoms with Crippen LogP contribution in [-0.4, -0.2) is 10.9 Å². The van der Waals surface area contributed by atoms with Crippen LogP contribution >= 0.6 is 27.5 Å². The van der Waals surface area contributed by atoms with Crippen LogP contribution in [0.1, 0.15) is 29.0 Å². The monoisotopic (exact) mass is 326 g/mol. The van der Waals surface area contributed by atoms with Gasteiger partial charge < -0.3 is 10.3 Å². The molecule has 0 bridgehead atoms. The van der Waals surface area contributed by atoms with Crippen LogP contribution in [0, 0.1) is 0 Å². The molecule has 94 valence electrons. The van der Waals surface area contributed by atoms with E-state index in [4.69, 9.17) is 11.6 Å². The zero-order valence-electron chi connectivity index (χ0n) is 9.71. The minimum atomic E-state index is -0.159. The third kappa shape index (κ3) is 2.94. The van der Waals surface area contributed by atoms with Crippen LogP contribution in [0.3, 0.4) is 0 Å². The molecule has 0 unspecified atom stereocenters. The third-order valence-electron chi connectivity index (χ3n) is 2.61. The molecule has 0 aliphatic carbocycles. The smallest absolute Gasteiger partial charge is 0.268 e. The first-order valence-electron chi connectivity index (χ1n) is 5.47. The first-order valence-corrected chi connectivity index (χ1v) is 6.64. The van der Waals surface area contributed by atoms with Crippen LogP contribution < -0.4 is 5.32 Å². The molecule has 2 rings (SSSR count). The van der Waals surface area contributed by atoms with Crippen molar-refractivity contribution in [2.24, 2.45) is 0 Å². The molecule has 0 fully saturated rings. The number of aromatic nitrogens is 1. The molecule has 2 aromatic rings. The van der Waals surface area contributed by atoms with Crippen LogP contribution in [-0.2, 0) is 0 Å². The molecule has 1 amide bonds. The minimum Gasteiger partial charge on any atom is -0.356 e. The number of amides is 1. The van der Waals surface area contributed by atoms with Crippen LogP contribution in [0.15, 0.2) is 41.0 Å². The Morgan fingerprint density at radius 2 is 2.17 bits per heavy atom. The average molecular weight is 328 g/mol. The summed E-state index contributed by atoms with van der Waals surface area (Å²) in [6.07, 6.45) is 1.72. The molecular formula is C13H12BrClN2O. The topological polar surface area (TPSA) is 44.9 Å². The summed E-state index contributed by atoms with van der Waals surface area (Å²) in [6.45, 7) is 1.90. The van der Waals surface area contributed by atoms with Crippen LogP contribution in [0.5, 0.6) is 0 Å². The van der Waals surface area contributed by atoms with Crippen LogP contribution in [0.2, 0.25) is 5.02 Å². The van der Waals surface area contributed by atoms with E-state index in [0.717, 1.165) is 10.0 Å². The second-order valence-electron chi connectivity index (χ2n) is 3.95. The van der Waals surface area contributed by atoms with Crippen molar-refractivity contribution in [3.8, 4) is 0 Å². The maximum absolute atomic E-state index is 11.9. The predicted molar refractivity (Wildman–Crippen MR) is 75.8 cm³/mol. The fraction of sp³-hybridized carbons (Fsp3) is 0.154. The summed E-state index contributed by atoms with van der Waals surface area (Å²) in [5.41, 5.74) is 1.42. The van der Waals surface area contributed by atoms with E-state index in [0.29, 0.717) is 10.7 Å². The van der Waals surface area contributed by atoms with E-state index >= 15 is 0 Å². The summed E-state index contributed by atoms with van der Waals surface area (Å²) in [7, 11) is 0. The number of carbonyl (C=O) groups excluding carboxylic acids is 1. The van der Waals surface area contributed by atoms with Gasteiger partial charge in [0.15, 0.2) is 0 Å². The number of hydrogen-bond acceptors (Lipinski definition) is 1. The summed E-state index contributed by atoms with van der Waals surface area (Å²) < 4.78 is 0.845. The van der Waals surface area contributed by atoms with Gasteiger partial charge in [-0.3, -0.25) is 4.79 Å². The Hall–Kier alpha value is -1.26. The normalized spacial score (nSPS) is 12.2. The maximum Gasteiger partial charge on any atom is 0.268 e. The highest BCUT2D eigenvalue weighted by molar-refractivity contribution is 9.10. The molecule has 1 atom stereocenters. The van der Waals surface area contributed by atoms with Crippen molar-refractivity contribution in [3.05, 3.63) is 57.3 Å². The van der Waals surface area contributed by atoms with Crippen molar-refractivity contribution in [1.29, 1.82) is 0 Å². The maximum atomic E-state index is 11.9. The lowest BCUT2D eigenvalue weighted by Crippen LogP contribution is -2.27. The fourth-order valence-corrected chi connectivity index (χ4v) is 2.32. The highest BCUT2D eigenvalue weighted by Gasteiger charge is 2.14. The zero-order chi connectivity index (χ0) is 13.1. The Morgan fingerprint density at radius 1 is 1.44 bits per heavy atom. The van der Waals surface area contributed by atoms with Crippen molar-refractivity contribution in [3.63, 3.8) is 0 Å². The highest BCUT2D eigenvalue weighted by atomic mass is 79.9. The third-order valence-corrected chi connectivity index (χ3v) is 3.41. The average Bonchev–Trinajstić information content (AvgIpc) is 2.76. The second-order valence-corrected chi connectivity index (χ2v) is 5.27. The molecule has 0 aliphatic rings. The molecule has 0 radical (unpaired) electrons. The Bertz CT molecular complexity index is 568. The van der Waals surface area contributed by atoms with E-state index in [1.165, 1.54) is 0 Å². The van der Waals surface area contributed by atoms with Gasteiger partial charge in [0.2, 0.25) is 0 Å². The summed E-state index contributed by atoms with van der Waals surface area (Å²) in [6, 6.07) is 9.06. The molecule has 5 heteroatoms. The molecule has 18 heavy (non-hydrogen) atoms. The van der Waals surface area contributed by atoms with E-state index in [1.807, 2.05) is 31.2 Å². The molecule has 1 aromatic carbocycles. The van der Waals surface area contributed by atoms with E-state index in [9.17, 15) is 4.79 Å². The van der Waals surface area contributed by atoms with E-state index < -0.39 is 0 Å². The van der Waals surface area contributed by atoms with Crippen LogP contribution in [0.4, 0.5) is 0 Å². The van der Waals surface area contributed by atoms with Crippen molar-refractivity contribution in [2.45, 2.75) is 13.0 Å². The Kier molecular flexibility index (Phi) is 4.09. The summed E-state index contributed by atoms with van der Waals surface area (Å²) in [4.78, 5) is 14.8. The largest absolute Gasteiger partial charge is 0.356 e. The first kappa shape index (κ1) is 13.2. The standard InChI is InChI=1S/C13H12BrClN2O/c1-8(10-4-2-3-5-11(10)15)17-13(18)12-6-9(14)7-16-12/h2-8,16H,1H3,(H,17,18)/t8-/m1/s1. The van der Waals surface area contributed by atoms with Gasteiger partial charge in [0.25, 0.3) is 5.91 Å². The van der Waals surface area contributed by atoms with Gasteiger partial charge >= 0.3 is 0 Å². The van der Waals surface area contributed by atoms with Crippen molar-refractivity contribution in [2.75, 3.05) is 0 Å². The summed E-state index contributed by atoms with van der Waals surface area (Å²) >= 11 is 9.38. The number of nitrogens with one attached hydrogen (secondary N) is 2. The van der Waals surface area contributed by atoms with E-state index in [2.05, 4.69) is 26.2 Å². The number of halogens is 2. The van der Waals surface area contributed by atoms with Gasteiger partial charge in [-0.2, -0.15) is 0 Å². The van der Waals surface area contributed by atoms with Crippen molar-refractivity contribution < 1.29 is 4.79 Å². The number of benzene rings is 1. The summed E-state index contributed by atoms with van der Waals surface area (Å²) in [5, 5.41) is 3.54. The molecule has 0 spiro atoms. The quantitative estimate of drug-likeness (QED) is 0.881. The highest BCUT2D eigenvalue weighted by Crippen LogP contribution is 2.22. The van der Waals surface area contributed by atoms with Crippen molar-refractivity contribution in [1.82, 2.24) is 10.3 Å². The Morgan fingerprint density at radius 3 is 2.78 bits per heavy atom. The van der Waals surface area contributed by atoms with E-state index in [1.54, 1.807) is 12.3 Å². The van der Waals surface area contributed by atoms with Crippen molar-refractivity contribution >= 4 is 33.4 Å². The van der Waals surface area contributed by atoms with E-state index in [-0.39, 0.29) is 11.9 Å². The Balaban J connectivity index is 2.10. The Labute approximate surface area is 119 Å². The predicted octanol–water partition coefficient (Wildman–Crippen LogP) is 3.92. The second kappa shape index (κ2) is 5.59. The summed E-state index contributed by atoms with van der Waals surface area (Å²) in [5.74, 6) is -0.159. The minimum absolute atomic E-state index is 0.145. The number of rotatable bonds is 3. The molecule has 0 aliphatic heterocycles. The van der Waals surface area contributed by atoms with Gasteiger partial charge in [-0.25, -0.2) is 0 Å². The van der Waals surface area contributed by atoms with Gasteiger partial charge in [-0.1, -0.05) is 29.8 Å². The SMILES string of the molecule is C[C@@H](NC(=O)c1cc(Br)c[nH]1)c1ccccc1Cl. The molecule has 1 aromatic heterocycles. The number of hydrogen-bond donors (Lipinski definition) is 2. The lowest BCUT2D eigenvalue weighted by atomic mass is 10.1. The molecule has 2 N–H and O–H groups in total. The van der Waals surface area contributed by atoms with Crippen LogP contribution in [0.25, 0.3) is 0 Å². The number of aromatic amines is 1. The molecular weight excluding hydrogens is 316 g/mol. The first-order chi connectivity index (χ1) is 8.58. The van der Waals surface area contributed by atoms with Gasteiger partial charge in [0, 0.05) is 15.7 Å².